The zero-order valence-electron chi connectivity index (χ0n) is 11.7. The van der Waals surface area contributed by atoms with E-state index in [4.69, 9.17) is 11.6 Å². The molecule has 0 unspecified atom stereocenters. The number of halogens is 2. The molecule has 2 aromatic rings. The van der Waals surface area contributed by atoms with E-state index in [-0.39, 0.29) is 22.0 Å². The standard InChI is InChI=1S/C15H15ClFNO2S/c1-11-6-3-4-9-15(11)21(19,20)18(2)10-12-13(16)7-5-8-14(12)17/h3-9H,10H2,1-2H3. The van der Waals surface area contributed by atoms with Crippen molar-refractivity contribution < 1.29 is 12.8 Å². The van der Waals surface area contributed by atoms with Crippen LogP contribution in [0, 0.1) is 12.7 Å². The van der Waals surface area contributed by atoms with Crippen molar-refractivity contribution in [2.75, 3.05) is 7.05 Å². The van der Waals surface area contributed by atoms with E-state index in [0.29, 0.717) is 5.56 Å². The van der Waals surface area contributed by atoms with Gasteiger partial charge >= 0.3 is 0 Å². The van der Waals surface area contributed by atoms with E-state index in [1.807, 2.05) is 0 Å². The molecule has 0 spiro atoms. The number of benzene rings is 2. The molecule has 0 aliphatic heterocycles. The minimum Gasteiger partial charge on any atom is -0.207 e. The van der Waals surface area contributed by atoms with Gasteiger partial charge in [-0.3, -0.25) is 0 Å². The molecule has 0 atom stereocenters. The summed E-state index contributed by atoms with van der Waals surface area (Å²) < 4.78 is 40.0. The Morgan fingerprint density at radius 3 is 2.43 bits per heavy atom. The van der Waals surface area contributed by atoms with Crippen LogP contribution < -0.4 is 0 Å². The van der Waals surface area contributed by atoms with Crippen molar-refractivity contribution in [2.24, 2.45) is 0 Å². The summed E-state index contributed by atoms with van der Waals surface area (Å²) in [5, 5.41) is 0.210. The van der Waals surface area contributed by atoms with E-state index in [1.54, 1.807) is 25.1 Å². The Morgan fingerprint density at radius 1 is 1.14 bits per heavy atom. The van der Waals surface area contributed by atoms with Gasteiger partial charge in [-0.1, -0.05) is 35.9 Å². The Labute approximate surface area is 129 Å². The Kier molecular flexibility index (Phi) is 4.66. The first-order chi connectivity index (χ1) is 9.84. The second-order valence-electron chi connectivity index (χ2n) is 4.73. The van der Waals surface area contributed by atoms with Gasteiger partial charge in [0.1, 0.15) is 5.82 Å². The molecule has 0 amide bonds. The fraction of sp³-hybridized carbons (Fsp3) is 0.200. The Hall–Kier alpha value is -1.43. The number of rotatable bonds is 4. The van der Waals surface area contributed by atoms with Crippen LogP contribution in [-0.2, 0) is 16.6 Å². The number of nitrogens with zero attached hydrogens (tertiary/aromatic N) is 1. The SMILES string of the molecule is Cc1ccccc1S(=O)(=O)N(C)Cc1c(F)cccc1Cl. The highest BCUT2D eigenvalue weighted by Crippen LogP contribution is 2.24. The summed E-state index contributed by atoms with van der Waals surface area (Å²) in [5.41, 5.74) is 0.808. The number of sulfonamides is 1. The third-order valence-corrected chi connectivity index (χ3v) is 5.54. The van der Waals surface area contributed by atoms with Crippen molar-refractivity contribution in [1.29, 1.82) is 0 Å². The maximum absolute atomic E-state index is 13.8. The first-order valence-corrected chi connectivity index (χ1v) is 8.10. The molecule has 0 fully saturated rings. The molecule has 6 heteroatoms. The minimum absolute atomic E-state index is 0.123. The normalized spacial score (nSPS) is 11.9. The van der Waals surface area contributed by atoms with Crippen LogP contribution in [0.4, 0.5) is 4.39 Å². The number of aryl methyl sites for hydroxylation is 1. The Bertz CT molecular complexity index is 742. The molecule has 2 aromatic carbocycles. The topological polar surface area (TPSA) is 37.4 Å². The molecule has 0 radical (unpaired) electrons. The lowest BCUT2D eigenvalue weighted by atomic mass is 10.2. The van der Waals surface area contributed by atoms with Crippen molar-refractivity contribution in [3.8, 4) is 0 Å². The van der Waals surface area contributed by atoms with Gasteiger partial charge < -0.3 is 0 Å². The fourth-order valence-corrected chi connectivity index (χ4v) is 3.59. The maximum Gasteiger partial charge on any atom is 0.243 e. The van der Waals surface area contributed by atoms with Gasteiger partial charge in [-0.15, -0.1) is 0 Å². The van der Waals surface area contributed by atoms with Crippen LogP contribution in [0.5, 0.6) is 0 Å². The number of hydrogen-bond acceptors (Lipinski definition) is 2. The zero-order valence-corrected chi connectivity index (χ0v) is 13.2. The van der Waals surface area contributed by atoms with Gasteiger partial charge in [0.05, 0.1) is 4.90 Å². The third-order valence-electron chi connectivity index (χ3n) is 3.22. The highest BCUT2D eigenvalue weighted by atomic mass is 35.5. The summed E-state index contributed by atoms with van der Waals surface area (Å²) in [6.45, 7) is 1.60. The smallest absolute Gasteiger partial charge is 0.207 e. The molecular formula is C15H15ClFNO2S. The first kappa shape index (κ1) is 15.9. The van der Waals surface area contributed by atoms with Crippen LogP contribution in [0.2, 0.25) is 5.02 Å². The summed E-state index contributed by atoms with van der Waals surface area (Å²) in [7, 11) is -2.29. The largest absolute Gasteiger partial charge is 0.243 e. The summed E-state index contributed by atoms with van der Waals surface area (Å²) in [4.78, 5) is 0.208. The van der Waals surface area contributed by atoms with E-state index in [9.17, 15) is 12.8 Å². The molecular weight excluding hydrogens is 313 g/mol. The molecule has 0 saturated carbocycles. The lowest BCUT2D eigenvalue weighted by Gasteiger charge is -2.19. The van der Waals surface area contributed by atoms with Crippen LogP contribution in [-0.4, -0.2) is 19.8 Å². The first-order valence-electron chi connectivity index (χ1n) is 6.29. The number of hydrogen-bond donors (Lipinski definition) is 0. The quantitative estimate of drug-likeness (QED) is 0.860. The van der Waals surface area contributed by atoms with Crippen LogP contribution in [0.1, 0.15) is 11.1 Å². The molecule has 0 saturated heterocycles. The monoisotopic (exact) mass is 327 g/mol. The average Bonchev–Trinajstić information content (AvgIpc) is 2.43. The summed E-state index contributed by atoms with van der Waals surface area (Å²) >= 11 is 5.94. The fourth-order valence-electron chi connectivity index (χ4n) is 2.00. The summed E-state index contributed by atoms with van der Waals surface area (Å²) in [6.07, 6.45) is 0. The lowest BCUT2D eigenvalue weighted by molar-refractivity contribution is 0.456. The second-order valence-corrected chi connectivity index (χ2v) is 7.15. The predicted molar refractivity (Wildman–Crippen MR) is 81.2 cm³/mol. The molecule has 3 nitrogen and oxygen atoms in total. The van der Waals surface area contributed by atoms with E-state index >= 15 is 0 Å². The molecule has 0 bridgehead atoms. The van der Waals surface area contributed by atoms with Crippen LogP contribution in [0.25, 0.3) is 0 Å². The van der Waals surface area contributed by atoms with Crippen LogP contribution in [0.15, 0.2) is 47.4 Å². The molecule has 21 heavy (non-hydrogen) atoms. The van der Waals surface area contributed by atoms with Gasteiger partial charge in [-0.05, 0) is 30.7 Å². The van der Waals surface area contributed by atoms with E-state index in [2.05, 4.69) is 0 Å². The van der Waals surface area contributed by atoms with E-state index in [0.717, 1.165) is 4.31 Å². The molecule has 0 N–H and O–H groups in total. The van der Waals surface area contributed by atoms with Gasteiger partial charge in [0.25, 0.3) is 0 Å². The predicted octanol–water partition coefficient (Wildman–Crippen LogP) is 3.61. The molecule has 112 valence electrons. The van der Waals surface area contributed by atoms with Crippen LogP contribution in [0.3, 0.4) is 0 Å². The van der Waals surface area contributed by atoms with Crippen molar-refractivity contribution in [3.05, 3.63) is 64.4 Å². The van der Waals surface area contributed by atoms with E-state index < -0.39 is 15.8 Å². The Balaban J connectivity index is 2.36. The molecule has 0 aromatic heterocycles. The minimum atomic E-state index is -3.69. The van der Waals surface area contributed by atoms with Crippen LogP contribution >= 0.6 is 11.6 Å². The summed E-state index contributed by atoms with van der Waals surface area (Å²) in [6, 6.07) is 11.0. The van der Waals surface area contributed by atoms with Gasteiger partial charge in [0.2, 0.25) is 10.0 Å². The highest BCUT2D eigenvalue weighted by molar-refractivity contribution is 7.89. The second kappa shape index (κ2) is 6.13. The Morgan fingerprint density at radius 2 is 1.81 bits per heavy atom. The van der Waals surface area contributed by atoms with Crippen molar-refractivity contribution in [3.63, 3.8) is 0 Å². The molecule has 2 rings (SSSR count). The third kappa shape index (κ3) is 3.26. The van der Waals surface area contributed by atoms with Gasteiger partial charge in [0.15, 0.2) is 0 Å². The molecule has 0 heterocycles. The van der Waals surface area contributed by atoms with Crippen molar-refractivity contribution in [1.82, 2.24) is 4.31 Å². The van der Waals surface area contributed by atoms with Crippen molar-refractivity contribution in [2.45, 2.75) is 18.4 Å². The van der Waals surface area contributed by atoms with Crippen molar-refractivity contribution >= 4 is 21.6 Å². The van der Waals surface area contributed by atoms with Gasteiger partial charge in [-0.2, -0.15) is 4.31 Å². The lowest BCUT2D eigenvalue weighted by Crippen LogP contribution is -2.27. The van der Waals surface area contributed by atoms with Gasteiger partial charge in [0, 0.05) is 24.2 Å². The average molecular weight is 328 g/mol. The summed E-state index contributed by atoms with van der Waals surface area (Å²) in [5.74, 6) is -0.519. The van der Waals surface area contributed by atoms with Gasteiger partial charge in [-0.25, -0.2) is 12.8 Å². The molecule has 0 aliphatic carbocycles. The van der Waals surface area contributed by atoms with E-state index in [1.165, 1.54) is 31.3 Å². The highest BCUT2D eigenvalue weighted by Gasteiger charge is 2.24. The maximum atomic E-state index is 13.8. The molecule has 0 aliphatic rings. The zero-order chi connectivity index (χ0) is 15.6.